The number of allylic oxidation sites excluding steroid dienone is 1. The molecule has 0 unspecified atom stereocenters. The Morgan fingerprint density at radius 2 is 1.61 bits per heavy atom. The maximum Gasteiger partial charge on any atom is 0.185 e. The lowest BCUT2D eigenvalue weighted by atomic mass is 10.1. The summed E-state index contributed by atoms with van der Waals surface area (Å²) in [7, 11) is 0. The number of hydrogen-bond donors (Lipinski definition) is 1. The molecule has 0 saturated carbocycles. The molecule has 1 aliphatic heterocycles. The highest BCUT2D eigenvalue weighted by Crippen LogP contribution is 2.21. The molecule has 3 aromatic rings. The van der Waals surface area contributed by atoms with Crippen LogP contribution in [0.25, 0.3) is 6.08 Å². The average molecular weight is 414 g/mol. The fourth-order valence-electron chi connectivity index (χ4n) is 3.64. The third kappa shape index (κ3) is 5.83. The molecule has 0 spiro atoms. The van der Waals surface area contributed by atoms with Gasteiger partial charge in [-0.2, -0.15) is 0 Å². The number of nitrogens with zero attached hydrogens (tertiary/aromatic N) is 1. The number of benzene rings is 3. The molecular formula is C27H27NO3. The molecule has 158 valence electrons. The maximum atomic E-state index is 12.5. The number of aliphatic hydroxyl groups is 1. The van der Waals surface area contributed by atoms with Crippen molar-refractivity contribution in [2.75, 3.05) is 18.0 Å². The van der Waals surface area contributed by atoms with Crippen molar-refractivity contribution in [2.45, 2.75) is 25.6 Å². The zero-order chi connectivity index (χ0) is 21.5. The first kappa shape index (κ1) is 20.9. The van der Waals surface area contributed by atoms with Crippen LogP contribution in [-0.4, -0.2) is 30.1 Å². The van der Waals surface area contributed by atoms with Gasteiger partial charge in [0.2, 0.25) is 0 Å². The van der Waals surface area contributed by atoms with Crippen molar-refractivity contribution in [1.29, 1.82) is 0 Å². The Morgan fingerprint density at radius 1 is 0.935 bits per heavy atom. The number of carbonyl (C=O) groups excluding carboxylic acids is 1. The van der Waals surface area contributed by atoms with Crippen molar-refractivity contribution < 1.29 is 14.6 Å². The Balaban J connectivity index is 1.31. The van der Waals surface area contributed by atoms with E-state index < -0.39 is 0 Å². The molecule has 4 rings (SSSR count). The van der Waals surface area contributed by atoms with Gasteiger partial charge in [0.05, 0.1) is 6.10 Å². The van der Waals surface area contributed by atoms with E-state index in [2.05, 4.69) is 4.90 Å². The van der Waals surface area contributed by atoms with E-state index in [0.29, 0.717) is 12.2 Å². The number of carbonyl (C=O) groups is 1. The lowest BCUT2D eigenvalue weighted by Gasteiger charge is -2.31. The van der Waals surface area contributed by atoms with E-state index in [9.17, 15) is 9.90 Å². The number of aliphatic hydroxyl groups excluding tert-OH is 1. The van der Waals surface area contributed by atoms with Crippen LogP contribution >= 0.6 is 0 Å². The molecule has 0 atom stereocenters. The Labute approximate surface area is 183 Å². The summed E-state index contributed by atoms with van der Waals surface area (Å²) in [5.41, 5.74) is 3.84. The van der Waals surface area contributed by atoms with Crippen molar-refractivity contribution in [2.24, 2.45) is 0 Å². The van der Waals surface area contributed by atoms with Crippen molar-refractivity contribution >= 4 is 17.5 Å². The molecule has 0 aromatic heterocycles. The lowest BCUT2D eigenvalue weighted by molar-refractivity contribution is 0.104. The van der Waals surface area contributed by atoms with Gasteiger partial charge in [-0.05, 0) is 66.4 Å². The summed E-state index contributed by atoms with van der Waals surface area (Å²) in [6.07, 6.45) is 4.82. The SMILES string of the molecule is O=C(/C=C/c1ccc(OCc2ccccc2)cc1)c1ccc(N2CCC(O)CC2)cc1. The van der Waals surface area contributed by atoms with Crippen molar-refractivity contribution in [1.82, 2.24) is 0 Å². The Bertz CT molecular complexity index is 1000. The van der Waals surface area contributed by atoms with Crippen LogP contribution in [0.15, 0.2) is 84.9 Å². The third-order valence-corrected chi connectivity index (χ3v) is 5.54. The second kappa shape index (κ2) is 10.1. The summed E-state index contributed by atoms with van der Waals surface area (Å²) in [4.78, 5) is 14.8. The minimum Gasteiger partial charge on any atom is -0.489 e. The van der Waals surface area contributed by atoms with Crippen molar-refractivity contribution in [3.63, 3.8) is 0 Å². The predicted octanol–water partition coefficient (Wildman–Crippen LogP) is 5.12. The number of piperidine rings is 1. The molecule has 4 heteroatoms. The monoisotopic (exact) mass is 413 g/mol. The molecule has 1 heterocycles. The molecule has 31 heavy (non-hydrogen) atoms. The number of hydrogen-bond acceptors (Lipinski definition) is 4. The average Bonchev–Trinajstić information content (AvgIpc) is 2.83. The van der Waals surface area contributed by atoms with Crippen LogP contribution in [0.1, 0.15) is 34.3 Å². The van der Waals surface area contributed by atoms with Gasteiger partial charge in [-0.25, -0.2) is 0 Å². The number of ketones is 1. The highest BCUT2D eigenvalue weighted by atomic mass is 16.5. The molecule has 1 aliphatic rings. The van der Waals surface area contributed by atoms with Gasteiger partial charge in [0.25, 0.3) is 0 Å². The van der Waals surface area contributed by atoms with Crippen LogP contribution in [0.3, 0.4) is 0 Å². The van der Waals surface area contributed by atoms with Crippen molar-refractivity contribution in [3.8, 4) is 5.75 Å². The fourth-order valence-corrected chi connectivity index (χ4v) is 3.64. The second-order valence-electron chi connectivity index (χ2n) is 7.81. The van der Waals surface area contributed by atoms with Crippen LogP contribution in [0.5, 0.6) is 5.75 Å². The van der Waals surface area contributed by atoms with Crippen molar-refractivity contribution in [3.05, 3.63) is 102 Å². The van der Waals surface area contributed by atoms with Crippen LogP contribution in [0.4, 0.5) is 5.69 Å². The van der Waals surface area contributed by atoms with Gasteiger partial charge >= 0.3 is 0 Å². The topological polar surface area (TPSA) is 49.8 Å². The minimum absolute atomic E-state index is 0.0231. The summed E-state index contributed by atoms with van der Waals surface area (Å²) >= 11 is 0. The Hall–Kier alpha value is -3.37. The van der Waals surface area contributed by atoms with E-state index in [4.69, 9.17) is 4.74 Å². The maximum absolute atomic E-state index is 12.5. The number of anilines is 1. The zero-order valence-electron chi connectivity index (χ0n) is 17.5. The highest BCUT2D eigenvalue weighted by Gasteiger charge is 2.17. The first-order valence-electron chi connectivity index (χ1n) is 10.7. The van der Waals surface area contributed by atoms with E-state index in [-0.39, 0.29) is 11.9 Å². The van der Waals surface area contributed by atoms with E-state index in [1.807, 2.05) is 84.9 Å². The van der Waals surface area contributed by atoms with Gasteiger partial charge in [0.15, 0.2) is 5.78 Å². The second-order valence-corrected chi connectivity index (χ2v) is 7.81. The highest BCUT2D eigenvalue weighted by molar-refractivity contribution is 6.07. The van der Waals surface area contributed by atoms with Gasteiger partial charge in [-0.15, -0.1) is 0 Å². The van der Waals surface area contributed by atoms with E-state index in [0.717, 1.165) is 48.5 Å². The van der Waals surface area contributed by atoms with Gasteiger partial charge in [-0.3, -0.25) is 4.79 Å². The summed E-state index contributed by atoms with van der Waals surface area (Å²) in [5.74, 6) is 0.776. The molecular weight excluding hydrogens is 386 g/mol. The first-order chi connectivity index (χ1) is 15.2. The van der Waals surface area contributed by atoms with E-state index in [1.54, 1.807) is 6.08 Å². The first-order valence-corrected chi connectivity index (χ1v) is 10.7. The predicted molar refractivity (Wildman–Crippen MR) is 124 cm³/mol. The quantitative estimate of drug-likeness (QED) is 0.431. The van der Waals surface area contributed by atoms with Crippen LogP contribution in [0.2, 0.25) is 0 Å². The molecule has 4 nitrogen and oxygen atoms in total. The molecule has 3 aromatic carbocycles. The molecule has 0 radical (unpaired) electrons. The molecule has 0 bridgehead atoms. The Kier molecular flexibility index (Phi) is 6.80. The molecule has 0 aliphatic carbocycles. The molecule has 1 fully saturated rings. The van der Waals surface area contributed by atoms with Gasteiger partial charge in [0.1, 0.15) is 12.4 Å². The standard InChI is InChI=1S/C27H27NO3/c29-25-16-18-28(19-17-25)24-11-9-23(10-12-24)27(30)15-8-21-6-13-26(14-7-21)31-20-22-4-2-1-3-5-22/h1-15,25,29H,16-20H2/b15-8+. The number of ether oxygens (including phenoxy) is 1. The smallest absolute Gasteiger partial charge is 0.185 e. The van der Waals surface area contributed by atoms with Gasteiger partial charge < -0.3 is 14.7 Å². The Morgan fingerprint density at radius 3 is 2.29 bits per heavy atom. The van der Waals surface area contributed by atoms with Crippen LogP contribution in [0, 0.1) is 0 Å². The largest absolute Gasteiger partial charge is 0.489 e. The molecule has 0 amide bonds. The van der Waals surface area contributed by atoms with E-state index in [1.165, 1.54) is 0 Å². The fraction of sp³-hybridized carbons (Fsp3) is 0.222. The normalized spacial score (nSPS) is 14.7. The van der Waals surface area contributed by atoms with E-state index >= 15 is 0 Å². The molecule has 1 N–H and O–H groups in total. The zero-order valence-corrected chi connectivity index (χ0v) is 17.5. The lowest BCUT2D eigenvalue weighted by Crippen LogP contribution is -2.35. The van der Waals surface area contributed by atoms with Gasteiger partial charge in [0, 0.05) is 24.3 Å². The summed E-state index contributed by atoms with van der Waals surface area (Å²) in [5, 5.41) is 9.65. The minimum atomic E-state index is -0.188. The summed E-state index contributed by atoms with van der Waals surface area (Å²) in [6.45, 7) is 2.22. The van der Waals surface area contributed by atoms with Gasteiger partial charge in [-0.1, -0.05) is 48.5 Å². The third-order valence-electron chi connectivity index (χ3n) is 5.54. The summed E-state index contributed by atoms with van der Waals surface area (Å²) < 4.78 is 5.80. The summed E-state index contributed by atoms with van der Waals surface area (Å²) in [6, 6.07) is 25.5. The molecule has 1 saturated heterocycles. The number of rotatable bonds is 7. The van der Waals surface area contributed by atoms with Crippen LogP contribution < -0.4 is 9.64 Å². The van der Waals surface area contributed by atoms with Crippen LogP contribution in [-0.2, 0) is 6.61 Å².